The molecule has 0 aliphatic carbocycles. The van der Waals surface area contributed by atoms with Crippen LogP contribution in [0.3, 0.4) is 0 Å². The summed E-state index contributed by atoms with van der Waals surface area (Å²) >= 11 is 0. The van der Waals surface area contributed by atoms with Gasteiger partial charge in [-0.2, -0.15) is 0 Å². The zero-order valence-corrected chi connectivity index (χ0v) is 11.7. The van der Waals surface area contributed by atoms with E-state index in [9.17, 15) is 9.59 Å². The summed E-state index contributed by atoms with van der Waals surface area (Å²) in [6.07, 6.45) is 1.20. The van der Waals surface area contributed by atoms with Gasteiger partial charge in [-0.15, -0.1) is 0 Å². The van der Waals surface area contributed by atoms with Crippen molar-refractivity contribution in [2.45, 2.75) is 13.3 Å². The van der Waals surface area contributed by atoms with Crippen molar-refractivity contribution in [1.82, 2.24) is 4.57 Å². The molecule has 0 fully saturated rings. The van der Waals surface area contributed by atoms with Crippen LogP contribution >= 0.6 is 0 Å². The quantitative estimate of drug-likeness (QED) is 0.688. The minimum atomic E-state index is -0.0681. The standard InChI is InChI=1S/C18H15NO2/c1-13-15(11-12-20)16-9-5-6-10-17(16)19(13)18(21)14-7-3-2-4-8-14/h2-10,12H,11H2,1H3. The van der Waals surface area contributed by atoms with Gasteiger partial charge < -0.3 is 4.79 Å². The van der Waals surface area contributed by atoms with Crippen molar-refractivity contribution < 1.29 is 9.59 Å². The predicted molar refractivity (Wildman–Crippen MR) is 82.6 cm³/mol. The number of benzene rings is 2. The molecule has 0 amide bonds. The second kappa shape index (κ2) is 5.37. The first-order valence-corrected chi connectivity index (χ1v) is 6.86. The van der Waals surface area contributed by atoms with E-state index in [0.29, 0.717) is 12.0 Å². The Labute approximate surface area is 122 Å². The van der Waals surface area contributed by atoms with E-state index in [1.165, 1.54) is 0 Å². The van der Waals surface area contributed by atoms with Crippen molar-refractivity contribution in [1.29, 1.82) is 0 Å². The van der Waals surface area contributed by atoms with Gasteiger partial charge in [0.1, 0.15) is 6.29 Å². The zero-order chi connectivity index (χ0) is 14.8. The van der Waals surface area contributed by atoms with Gasteiger partial charge in [0.05, 0.1) is 5.52 Å². The van der Waals surface area contributed by atoms with Crippen LogP contribution in [0.5, 0.6) is 0 Å². The van der Waals surface area contributed by atoms with Gasteiger partial charge in [0.25, 0.3) is 5.91 Å². The topological polar surface area (TPSA) is 39.1 Å². The highest BCUT2D eigenvalue weighted by molar-refractivity contribution is 6.04. The number of carbonyl (C=O) groups is 2. The highest BCUT2D eigenvalue weighted by atomic mass is 16.2. The Morgan fingerprint density at radius 2 is 1.71 bits per heavy atom. The van der Waals surface area contributed by atoms with Crippen LogP contribution in [0.4, 0.5) is 0 Å². The molecule has 3 rings (SSSR count). The van der Waals surface area contributed by atoms with Gasteiger partial charge in [0, 0.05) is 23.1 Å². The highest BCUT2D eigenvalue weighted by Crippen LogP contribution is 2.26. The van der Waals surface area contributed by atoms with E-state index in [1.807, 2.05) is 49.4 Å². The molecule has 0 saturated carbocycles. The molecule has 1 heterocycles. The first-order chi connectivity index (χ1) is 10.2. The summed E-state index contributed by atoms with van der Waals surface area (Å²) in [5, 5.41) is 0.964. The van der Waals surface area contributed by atoms with E-state index < -0.39 is 0 Å². The summed E-state index contributed by atoms with van der Waals surface area (Å²) < 4.78 is 1.70. The molecule has 0 unspecified atom stereocenters. The van der Waals surface area contributed by atoms with Gasteiger partial charge in [-0.3, -0.25) is 9.36 Å². The lowest BCUT2D eigenvalue weighted by Gasteiger charge is -2.07. The molecule has 1 aromatic heterocycles. The van der Waals surface area contributed by atoms with E-state index >= 15 is 0 Å². The average Bonchev–Trinajstić information content (AvgIpc) is 2.81. The first kappa shape index (κ1) is 13.3. The molecular formula is C18H15NO2. The van der Waals surface area contributed by atoms with Gasteiger partial charge in [-0.25, -0.2) is 0 Å². The smallest absolute Gasteiger partial charge is 0.262 e. The number of fused-ring (bicyclic) bond motifs is 1. The summed E-state index contributed by atoms with van der Waals surface area (Å²) in [6, 6.07) is 16.9. The van der Waals surface area contributed by atoms with Crippen LogP contribution in [0.15, 0.2) is 54.6 Å². The monoisotopic (exact) mass is 277 g/mol. The highest BCUT2D eigenvalue weighted by Gasteiger charge is 2.18. The summed E-state index contributed by atoms with van der Waals surface area (Å²) in [5.41, 5.74) is 3.24. The molecule has 3 heteroatoms. The molecule has 0 aliphatic rings. The van der Waals surface area contributed by atoms with E-state index in [2.05, 4.69) is 0 Å². The minimum Gasteiger partial charge on any atom is -0.303 e. The van der Waals surface area contributed by atoms with Crippen LogP contribution in [-0.4, -0.2) is 16.8 Å². The number of aldehydes is 1. The zero-order valence-electron chi connectivity index (χ0n) is 11.7. The van der Waals surface area contributed by atoms with Gasteiger partial charge >= 0.3 is 0 Å². The Kier molecular flexibility index (Phi) is 3.40. The van der Waals surface area contributed by atoms with E-state index in [-0.39, 0.29) is 5.91 Å². The van der Waals surface area contributed by atoms with E-state index in [0.717, 1.165) is 28.4 Å². The molecule has 0 spiro atoms. The SMILES string of the molecule is Cc1c(CC=O)c2ccccc2n1C(=O)c1ccccc1. The van der Waals surface area contributed by atoms with E-state index in [1.54, 1.807) is 16.7 Å². The fraction of sp³-hybridized carbons (Fsp3) is 0.111. The van der Waals surface area contributed by atoms with E-state index in [4.69, 9.17) is 0 Å². The Balaban J connectivity index is 2.25. The van der Waals surface area contributed by atoms with Crippen LogP contribution in [0.25, 0.3) is 10.9 Å². The largest absolute Gasteiger partial charge is 0.303 e. The molecular weight excluding hydrogens is 262 g/mol. The number of rotatable bonds is 3. The number of aromatic nitrogens is 1. The van der Waals surface area contributed by atoms with Gasteiger partial charge in [0.15, 0.2) is 0 Å². The van der Waals surface area contributed by atoms with Crippen molar-refractivity contribution in [2.24, 2.45) is 0 Å². The predicted octanol–water partition coefficient (Wildman–Crippen LogP) is 3.38. The molecule has 0 aliphatic heterocycles. The fourth-order valence-electron chi connectivity index (χ4n) is 2.75. The Morgan fingerprint density at radius 1 is 1.05 bits per heavy atom. The molecule has 0 N–H and O–H groups in total. The van der Waals surface area contributed by atoms with Crippen molar-refractivity contribution in [3.63, 3.8) is 0 Å². The molecule has 0 saturated heterocycles. The van der Waals surface area contributed by atoms with Crippen molar-refractivity contribution in [3.05, 3.63) is 71.4 Å². The molecule has 2 aromatic carbocycles. The maximum absolute atomic E-state index is 12.8. The molecule has 21 heavy (non-hydrogen) atoms. The normalized spacial score (nSPS) is 10.7. The second-order valence-electron chi connectivity index (χ2n) is 4.96. The molecule has 3 nitrogen and oxygen atoms in total. The summed E-state index contributed by atoms with van der Waals surface area (Å²) in [7, 11) is 0. The van der Waals surface area contributed by atoms with Crippen LogP contribution in [-0.2, 0) is 11.2 Å². The fourth-order valence-corrected chi connectivity index (χ4v) is 2.75. The third-order valence-corrected chi connectivity index (χ3v) is 3.75. The maximum atomic E-state index is 12.8. The van der Waals surface area contributed by atoms with Gasteiger partial charge in [-0.05, 0) is 30.7 Å². The van der Waals surface area contributed by atoms with Gasteiger partial charge in [-0.1, -0.05) is 36.4 Å². The van der Waals surface area contributed by atoms with Crippen molar-refractivity contribution >= 4 is 23.1 Å². The number of carbonyl (C=O) groups excluding carboxylic acids is 2. The number of nitrogens with zero attached hydrogens (tertiary/aromatic N) is 1. The first-order valence-electron chi connectivity index (χ1n) is 6.86. The summed E-state index contributed by atoms with van der Waals surface area (Å²) in [4.78, 5) is 23.7. The Bertz CT molecular complexity index is 816. The Hall–Kier alpha value is -2.68. The van der Waals surface area contributed by atoms with Crippen molar-refractivity contribution in [3.8, 4) is 0 Å². The number of hydrogen-bond donors (Lipinski definition) is 0. The average molecular weight is 277 g/mol. The lowest BCUT2D eigenvalue weighted by Crippen LogP contribution is -2.13. The molecule has 0 radical (unpaired) electrons. The van der Waals surface area contributed by atoms with Crippen LogP contribution in [0.2, 0.25) is 0 Å². The summed E-state index contributed by atoms with van der Waals surface area (Å²) in [5.74, 6) is -0.0681. The molecule has 0 atom stereocenters. The lowest BCUT2D eigenvalue weighted by atomic mass is 10.1. The summed E-state index contributed by atoms with van der Waals surface area (Å²) in [6.45, 7) is 1.89. The molecule has 0 bridgehead atoms. The molecule has 104 valence electrons. The van der Waals surface area contributed by atoms with Crippen LogP contribution < -0.4 is 0 Å². The third-order valence-electron chi connectivity index (χ3n) is 3.75. The maximum Gasteiger partial charge on any atom is 0.262 e. The number of para-hydroxylation sites is 1. The second-order valence-corrected chi connectivity index (χ2v) is 4.96. The van der Waals surface area contributed by atoms with Crippen LogP contribution in [0.1, 0.15) is 21.6 Å². The van der Waals surface area contributed by atoms with Crippen molar-refractivity contribution in [2.75, 3.05) is 0 Å². The number of hydrogen-bond acceptors (Lipinski definition) is 2. The lowest BCUT2D eigenvalue weighted by molar-refractivity contribution is -0.107. The van der Waals surface area contributed by atoms with Crippen LogP contribution in [0, 0.1) is 6.92 Å². The third kappa shape index (κ3) is 2.17. The molecule has 3 aromatic rings. The minimum absolute atomic E-state index is 0.0681. The van der Waals surface area contributed by atoms with Gasteiger partial charge in [0.2, 0.25) is 0 Å². The Morgan fingerprint density at radius 3 is 2.43 bits per heavy atom.